The third kappa shape index (κ3) is 8.17. The summed E-state index contributed by atoms with van der Waals surface area (Å²) < 4.78 is 11.8. The van der Waals surface area contributed by atoms with Gasteiger partial charge >= 0.3 is 0 Å². The first kappa shape index (κ1) is 35.5. The van der Waals surface area contributed by atoms with E-state index in [1.807, 2.05) is 133 Å². The number of hydrogen-bond acceptors (Lipinski definition) is 6. The van der Waals surface area contributed by atoms with Crippen LogP contribution in [0.1, 0.15) is 43.9 Å². The predicted molar refractivity (Wildman–Crippen MR) is 201 cm³/mol. The van der Waals surface area contributed by atoms with E-state index in [2.05, 4.69) is 12.1 Å². The molecule has 0 radical (unpaired) electrons. The second-order valence-corrected chi connectivity index (χ2v) is 12.2. The van der Waals surface area contributed by atoms with Crippen molar-refractivity contribution in [2.75, 3.05) is 39.5 Å². The maximum absolute atomic E-state index is 14.1. The number of fused-ring (bicyclic) bond motifs is 2. The van der Waals surface area contributed by atoms with E-state index >= 15 is 0 Å². The Kier molecular flexibility index (Phi) is 12.0. The Morgan fingerprint density at radius 3 is 1.25 bits per heavy atom. The molecule has 0 aliphatic heterocycles. The molecule has 6 aromatic carbocycles. The van der Waals surface area contributed by atoms with Gasteiger partial charge in [-0.1, -0.05) is 133 Å². The van der Waals surface area contributed by atoms with Gasteiger partial charge in [0.05, 0.1) is 38.6 Å². The van der Waals surface area contributed by atoms with E-state index in [1.165, 1.54) is 0 Å². The van der Waals surface area contributed by atoms with Gasteiger partial charge in [-0.3, -0.25) is 9.59 Å². The quantitative estimate of drug-likeness (QED) is 0.101. The lowest BCUT2D eigenvalue weighted by Crippen LogP contribution is -2.37. The molecule has 0 aromatic heterocycles. The molecular formula is C44H38N4O4. The number of nitriles is 2. The SMILES string of the molecule is N#C[C@@H](c1ccccc1)N(CCOCCOCCN(C(=O)c1cccc2ccccc12)[C@@H](C#N)c1ccccc1)C(=O)c1cccc2ccccc12. The average Bonchev–Trinajstić information content (AvgIpc) is 3.20. The number of benzene rings is 6. The molecule has 0 saturated heterocycles. The molecule has 0 bridgehead atoms. The summed E-state index contributed by atoms with van der Waals surface area (Å²) in [5.74, 6) is -0.512. The summed E-state index contributed by atoms with van der Waals surface area (Å²) in [5.41, 5.74) is 2.48. The molecule has 2 atom stereocenters. The second-order valence-electron chi connectivity index (χ2n) is 12.2. The summed E-state index contributed by atoms with van der Waals surface area (Å²) in [7, 11) is 0. The Balaban J connectivity index is 1.09. The standard InChI is InChI=1S/C44H38N4O4/c45-31-41(35-15-3-1-4-16-35)47(43(49)39-23-11-19-33-13-7-9-21-37(33)39)25-27-51-29-30-52-28-26-48(42(32-46)36-17-5-2-6-18-36)44(50)40-24-12-20-34-14-8-10-22-38(34)40/h1-24,41-42H,25-30H2/t41-,42-/m0/s1. The van der Waals surface area contributed by atoms with Gasteiger partial charge in [-0.15, -0.1) is 0 Å². The lowest BCUT2D eigenvalue weighted by molar-refractivity contribution is 0.0249. The zero-order valence-corrected chi connectivity index (χ0v) is 28.7. The van der Waals surface area contributed by atoms with Gasteiger partial charge < -0.3 is 19.3 Å². The summed E-state index contributed by atoms with van der Waals surface area (Å²) in [4.78, 5) is 31.2. The molecule has 0 unspecified atom stereocenters. The molecule has 8 heteroatoms. The lowest BCUT2D eigenvalue weighted by Gasteiger charge is -2.28. The molecule has 0 saturated carbocycles. The van der Waals surface area contributed by atoms with Crippen LogP contribution < -0.4 is 0 Å². The maximum atomic E-state index is 14.1. The van der Waals surface area contributed by atoms with E-state index < -0.39 is 12.1 Å². The monoisotopic (exact) mass is 686 g/mol. The topological polar surface area (TPSA) is 107 Å². The van der Waals surface area contributed by atoms with Crippen molar-refractivity contribution in [3.63, 3.8) is 0 Å². The average molecular weight is 687 g/mol. The van der Waals surface area contributed by atoms with Gasteiger partial charge in [0.1, 0.15) is 12.1 Å². The fourth-order valence-corrected chi connectivity index (χ4v) is 6.40. The van der Waals surface area contributed by atoms with Crippen molar-refractivity contribution >= 4 is 33.4 Å². The van der Waals surface area contributed by atoms with E-state index in [4.69, 9.17) is 9.47 Å². The first-order chi connectivity index (χ1) is 25.6. The van der Waals surface area contributed by atoms with Gasteiger partial charge in [-0.25, -0.2) is 0 Å². The van der Waals surface area contributed by atoms with Gasteiger partial charge in [0.25, 0.3) is 11.8 Å². The first-order valence-corrected chi connectivity index (χ1v) is 17.2. The fraction of sp³-hybridized carbons (Fsp3) is 0.182. The lowest BCUT2D eigenvalue weighted by atomic mass is 10.0. The summed E-state index contributed by atoms with van der Waals surface area (Å²) in [6.07, 6.45) is 0. The molecule has 0 heterocycles. The van der Waals surface area contributed by atoms with Crippen molar-refractivity contribution < 1.29 is 19.1 Å². The number of hydrogen-bond donors (Lipinski definition) is 0. The maximum Gasteiger partial charge on any atom is 0.255 e. The summed E-state index contributed by atoms with van der Waals surface area (Å²) in [6, 6.07) is 48.1. The van der Waals surface area contributed by atoms with Crippen LogP contribution in [-0.4, -0.2) is 61.1 Å². The summed E-state index contributed by atoms with van der Waals surface area (Å²) >= 11 is 0. The number of carbonyl (C=O) groups excluding carboxylic acids is 2. The number of carbonyl (C=O) groups is 2. The second kappa shape index (κ2) is 17.6. The van der Waals surface area contributed by atoms with Crippen LogP contribution in [0.25, 0.3) is 21.5 Å². The van der Waals surface area contributed by atoms with Crippen LogP contribution >= 0.6 is 0 Å². The first-order valence-electron chi connectivity index (χ1n) is 17.2. The number of nitrogens with zero attached hydrogens (tertiary/aromatic N) is 4. The minimum absolute atomic E-state index is 0.182. The highest BCUT2D eigenvalue weighted by Gasteiger charge is 2.28. The van der Waals surface area contributed by atoms with Crippen LogP contribution in [0.5, 0.6) is 0 Å². The molecule has 0 aliphatic carbocycles. The smallest absolute Gasteiger partial charge is 0.255 e. The van der Waals surface area contributed by atoms with E-state index in [-0.39, 0.29) is 51.3 Å². The van der Waals surface area contributed by atoms with Gasteiger partial charge in [0, 0.05) is 24.2 Å². The Bertz CT molecular complexity index is 2040. The minimum Gasteiger partial charge on any atom is -0.377 e. The predicted octanol–water partition coefficient (Wildman–Crippen LogP) is 8.14. The van der Waals surface area contributed by atoms with Gasteiger partial charge in [-0.2, -0.15) is 10.5 Å². The van der Waals surface area contributed by atoms with E-state index in [1.54, 1.807) is 21.9 Å². The number of ether oxygens (including phenoxy) is 2. The third-order valence-electron chi connectivity index (χ3n) is 8.99. The van der Waals surface area contributed by atoms with Crippen molar-refractivity contribution in [1.82, 2.24) is 9.80 Å². The number of rotatable bonds is 15. The summed E-state index contributed by atoms with van der Waals surface area (Å²) in [6.45, 7) is 1.20. The van der Waals surface area contributed by atoms with Gasteiger partial charge in [-0.05, 0) is 44.8 Å². The van der Waals surface area contributed by atoms with Crippen molar-refractivity contribution in [3.8, 4) is 12.1 Å². The van der Waals surface area contributed by atoms with Crippen molar-refractivity contribution in [2.45, 2.75) is 12.1 Å². The highest BCUT2D eigenvalue weighted by molar-refractivity contribution is 6.08. The molecule has 6 rings (SSSR count). The van der Waals surface area contributed by atoms with Crippen LogP contribution in [0, 0.1) is 22.7 Å². The largest absolute Gasteiger partial charge is 0.377 e. The van der Waals surface area contributed by atoms with Crippen LogP contribution in [0.4, 0.5) is 0 Å². The zero-order chi connectivity index (χ0) is 36.1. The highest BCUT2D eigenvalue weighted by Crippen LogP contribution is 2.27. The number of amides is 2. The zero-order valence-electron chi connectivity index (χ0n) is 28.7. The van der Waals surface area contributed by atoms with E-state index in [0.29, 0.717) is 11.1 Å². The Morgan fingerprint density at radius 2 is 0.846 bits per heavy atom. The molecule has 258 valence electrons. The van der Waals surface area contributed by atoms with Crippen molar-refractivity contribution in [2.24, 2.45) is 0 Å². The molecule has 0 aliphatic rings. The molecule has 8 nitrogen and oxygen atoms in total. The normalized spacial score (nSPS) is 12.0. The van der Waals surface area contributed by atoms with E-state index in [0.717, 1.165) is 32.7 Å². The molecule has 0 fully saturated rings. The molecular weight excluding hydrogens is 649 g/mol. The van der Waals surface area contributed by atoms with Crippen molar-refractivity contribution in [3.05, 3.63) is 168 Å². The van der Waals surface area contributed by atoms with Crippen molar-refractivity contribution in [1.29, 1.82) is 10.5 Å². The highest BCUT2D eigenvalue weighted by atomic mass is 16.5. The van der Waals surface area contributed by atoms with Crippen LogP contribution in [-0.2, 0) is 9.47 Å². The van der Waals surface area contributed by atoms with Crippen LogP contribution in [0.2, 0.25) is 0 Å². The van der Waals surface area contributed by atoms with E-state index in [9.17, 15) is 20.1 Å². The molecule has 6 aromatic rings. The summed E-state index contributed by atoms with van der Waals surface area (Å²) in [5, 5.41) is 24.0. The minimum atomic E-state index is -0.810. The Hall–Kier alpha value is -6.32. The van der Waals surface area contributed by atoms with Crippen LogP contribution in [0.3, 0.4) is 0 Å². The molecule has 0 spiro atoms. The van der Waals surface area contributed by atoms with Gasteiger partial charge in [0.2, 0.25) is 0 Å². The fourth-order valence-electron chi connectivity index (χ4n) is 6.40. The Morgan fingerprint density at radius 1 is 0.481 bits per heavy atom. The molecule has 2 amide bonds. The molecule has 52 heavy (non-hydrogen) atoms. The van der Waals surface area contributed by atoms with Gasteiger partial charge in [0.15, 0.2) is 0 Å². The Labute approximate surface area is 303 Å². The molecule has 0 N–H and O–H groups in total. The third-order valence-corrected chi connectivity index (χ3v) is 8.99. The van der Waals surface area contributed by atoms with Crippen LogP contribution in [0.15, 0.2) is 146 Å².